The molecule has 31 heavy (non-hydrogen) atoms. The maximum atomic E-state index is 14.2. The molecule has 0 bridgehead atoms. The third-order valence-corrected chi connectivity index (χ3v) is 6.69. The van der Waals surface area contributed by atoms with Crippen molar-refractivity contribution < 1.29 is 13.6 Å². The SMILES string of the molecule is N#C/C(=C\c1ccc(-c2ccc(Br)cc2F)o1)C(=O)Nc1sc2c(c1C#N)CCCC2. The highest BCUT2D eigenvalue weighted by Crippen LogP contribution is 2.38. The fourth-order valence-electron chi connectivity index (χ4n) is 3.50. The van der Waals surface area contributed by atoms with Crippen LogP contribution in [0.2, 0.25) is 0 Å². The zero-order valence-corrected chi connectivity index (χ0v) is 18.6. The molecular formula is C23H15BrFN3O2S. The molecule has 0 aliphatic heterocycles. The lowest BCUT2D eigenvalue weighted by molar-refractivity contribution is -0.112. The summed E-state index contributed by atoms with van der Waals surface area (Å²) in [5.41, 5.74) is 1.58. The Kier molecular flexibility index (Phi) is 6.03. The van der Waals surface area contributed by atoms with E-state index in [1.165, 1.54) is 23.5 Å². The number of nitriles is 2. The van der Waals surface area contributed by atoms with Crippen molar-refractivity contribution in [1.82, 2.24) is 0 Å². The van der Waals surface area contributed by atoms with Crippen molar-refractivity contribution in [2.45, 2.75) is 25.7 Å². The van der Waals surface area contributed by atoms with E-state index < -0.39 is 11.7 Å². The van der Waals surface area contributed by atoms with Crippen LogP contribution >= 0.6 is 27.3 Å². The molecule has 2 heterocycles. The Morgan fingerprint density at radius 2 is 2.03 bits per heavy atom. The molecule has 1 aromatic carbocycles. The van der Waals surface area contributed by atoms with Gasteiger partial charge in [-0.3, -0.25) is 4.79 Å². The summed E-state index contributed by atoms with van der Waals surface area (Å²) in [5, 5.41) is 22.2. The standard InChI is InChI=1S/C23H15BrFN3O2S/c24-14-5-7-17(19(25)10-14)20-8-6-15(30-20)9-13(11-26)22(29)28-23-18(12-27)16-3-1-2-4-21(16)31-23/h5-10H,1-4H2,(H,28,29)/b13-9+. The number of fused-ring (bicyclic) bond motifs is 1. The monoisotopic (exact) mass is 495 g/mol. The molecule has 5 nitrogen and oxygen atoms in total. The fourth-order valence-corrected chi connectivity index (χ4v) is 5.07. The molecule has 1 amide bonds. The number of furan rings is 1. The number of hydrogen-bond acceptors (Lipinski definition) is 5. The molecule has 0 radical (unpaired) electrons. The van der Waals surface area contributed by atoms with Crippen molar-refractivity contribution in [2.24, 2.45) is 0 Å². The molecule has 0 spiro atoms. The molecule has 0 unspecified atom stereocenters. The number of nitrogens with zero attached hydrogens (tertiary/aromatic N) is 2. The Morgan fingerprint density at radius 1 is 1.23 bits per heavy atom. The summed E-state index contributed by atoms with van der Waals surface area (Å²) in [4.78, 5) is 13.8. The molecule has 1 N–H and O–H groups in total. The van der Waals surface area contributed by atoms with Crippen LogP contribution in [0.5, 0.6) is 0 Å². The number of anilines is 1. The first-order valence-electron chi connectivity index (χ1n) is 9.53. The predicted molar refractivity (Wildman–Crippen MR) is 120 cm³/mol. The number of nitrogens with one attached hydrogen (secondary N) is 1. The Hall–Kier alpha value is -3.20. The fraction of sp³-hybridized carbons (Fsp3) is 0.174. The predicted octanol–water partition coefficient (Wildman–Crippen LogP) is 6.21. The Balaban J connectivity index is 1.58. The van der Waals surface area contributed by atoms with Gasteiger partial charge in [0, 0.05) is 15.4 Å². The van der Waals surface area contributed by atoms with E-state index in [0.29, 0.717) is 15.0 Å². The van der Waals surface area contributed by atoms with Crippen LogP contribution < -0.4 is 5.32 Å². The lowest BCUT2D eigenvalue weighted by Crippen LogP contribution is -2.13. The van der Waals surface area contributed by atoms with E-state index in [1.54, 1.807) is 24.3 Å². The van der Waals surface area contributed by atoms with Crippen LogP contribution in [0.1, 0.15) is 34.6 Å². The lowest BCUT2D eigenvalue weighted by atomic mass is 9.96. The minimum absolute atomic E-state index is 0.174. The average Bonchev–Trinajstić information content (AvgIpc) is 3.35. The first-order valence-corrected chi connectivity index (χ1v) is 11.1. The zero-order chi connectivity index (χ0) is 22.0. The first kappa shape index (κ1) is 21.0. The van der Waals surface area contributed by atoms with E-state index in [2.05, 4.69) is 27.3 Å². The van der Waals surface area contributed by atoms with Gasteiger partial charge in [0.1, 0.15) is 40.1 Å². The van der Waals surface area contributed by atoms with E-state index in [9.17, 15) is 19.7 Å². The Bertz CT molecular complexity index is 1290. The second kappa shape index (κ2) is 8.89. The van der Waals surface area contributed by atoms with Crippen LogP contribution in [0.4, 0.5) is 9.39 Å². The summed E-state index contributed by atoms with van der Waals surface area (Å²) >= 11 is 4.60. The number of hydrogen-bond donors (Lipinski definition) is 1. The summed E-state index contributed by atoms with van der Waals surface area (Å²) in [5.74, 6) is -0.546. The molecular weight excluding hydrogens is 481 g/mol. The number of rotatable bonds is 4. The van der Waals surface area contributed by atoms with Crippen molar-refractivity contribution in [3.63, 3.8) is 0 Å². The minimum atomic E-state index is -0.620. The van der Waals surface area contributed by atoms with Crippen LogP contribution in [0.15, 0.2) is 44.8 Å². The van der Waals surface area contributed by atoms with Crippen LogP contribution in [0.25, 0.3) is 17.4 Å². The maximum Gasteiger partial charge on any atom is 0.267 e. The number of halogens is 2. The van der Waals surface area contributed by atoms with E-state index in [1.807, 2.05) is 6.07 Å². The Labute approximate surface area is 190 Å². The lowest BCUT2D eigenvalue weighted by Gasteiger charge is -2.09. The maximum absolute atomic E-state index is 14.2. The summed E-state index contributed by atoms with van der Waals surface area (Å²) in [7, 11) is 0. The van der Waals surface area contributed by atoms with E-state index in [-0.39, 0.29) is 22.7 Å². The number of aryl methyl sites for hydroxylation is 1. The highest BCUT2D eigenvalue weighted by molar-refractivity contribution is 9.10. The molecule has 0 atom stereocenters. The quantitative estimate of drug-likeness (QED) is 0.344. The first-order chi connectivity index (χ1) is 15.0. The molecule has 0 saturated carbocycles. The van der Waals surface area contributed by atoms with Gasteiger partial charge >= 0.3 is 0 Å². The van der Waals surface area contributed by atoms with Gasteiger partial charge < -0.3 is 9.73 Å². The molecule has 0 fully saturated rings. The van der Waals surface area contributed by atoms with Crippen LogP contribution in [-0.4, -0.2) is 5.91 Å². The third-order valence-electron chi connectivity index (χ3n) is 4.99. The molecule has 3 aromatic rings. The summed E-state index contributed by atoms with van der Waals surface area (Å²) < 4.78 is 20.4. The average molecular weight is 496 g/mol. The van der Waals surface area contributed by atoms with Crippen LogP contribution in [0.3, 0.4) is 0 Å². The van der Waals surface area contributed by atoms with Gasteiger partial charge in [0.05, 0.1) is 11.1 Å². The van der Waals surface area contributed by atoms with Crippen molar-refractivity contribution in [3.05, 3.63) is 68.0 Å². The largest absolute Gasteiger partial charge is 0.457 e. The zero-order valence-electron chi connectivity index (χ0n) is 16.2. The number of benzene rings is 1. The van der Waals surface area contributed by atoms with Crippen LogP contribution in [0, 0.1) is 28.5 Å². The van der Waals surface area contributed by atoms with Gasteiger partial charge in [0.25, 0.3) is 5.91 Å². The number of thiophene rings is 1. The molecule has 1 aliphatic carbocycles. The van der Waals surface area contributed by atoms with Crippen LogP contribution in [-0.2, 0) is 17.6 Å². The normalized spacial score (nSPS) is 13.2. The summed E-state index contributed by atoms with van der Waals surface area (Å²) in [6.07, 6.45) is 5.11. The van der Waals surface area contributed by atoms with E-state index in [0.717, 1.165) is 36.1 Å². The van der Waals surface area contributed by atoms with Gasteiger partial charge in [0.15, 0.2) is 0 Å². The molecule has 1 aliphatic rings. The third kappa shape index (κ3) is 4.32. The second-order valence-electron chi connectivity index (χ2n) is 6.98. The topological polar surface area (TPSA) is 89.8 Å². The van der Waals surface area contributed by atoms with Gasteiger partial charge in [-0.25, -0.2) is 4.39 Å². The molecule has 154 valence electrons. The van der Waals surface area contributed by atoms with Gasteiger partial charge in [-0.2, -0.15) is 10.5 Å². The smallest absolute Gasteiger partial charge is 0.267 e. The Morgan fingerprint density at radius 3 is 2.77 bits per heavy atom. The van der Waals surface area contributed by atoms with Gasteiger partial charge in [-0.05, 0) is 61.6 Å². The summed E-state index contributed by atoms with van der Waals surface area (Å²) in [6.45, 7) is 0. The number of amides is 1. The van der Waals surface area contributed by atoms with Crippen molar-refractivity contribution in [2.75, 3.05) is 5.32 Å². The molecule has 4 rings (SSSR count). The van der Waals surface area contributed by atoms with Crippen molar-refractivity contribution >= 4 is 44.3 Å². The van der Waals surface area contributed by atoms with E-state index in [4.69, 9.17) is 4.42 Å². The number of carbonyl (C=O) groups excluding carboxylic acids is 1. The summed E-state index contributed by atoms with van der Waals surface area (Å²) in [6, 6.07) is 11.8. The molecule has 8 heteroatoms. The number of carbonyl (C=O) groups is 1. The molecule has 2 aromatic heterocycles. The second-order valence-corrected chi connectivity index (χ2v) is 9.00. The highest BCUT2D eigenvalue weighted by atomic mass is 79.9. The van der Waals surface area contributed by atoms with Crippen molar-refractivity contribution in [1.29, 1.82) is 10.5 Å². The van der Waals surface area contributed by atoms with Gasteiger partial charge in [0.2, 0.25) is 0 Å². The minimum Gasteiger partial charge on any atom is -0.457 e. The van der Waals surface area contributed by atoms with Crippen molar-refractivity contribution in [3.8, 4) is 23.5 Å². The van der Waals surface area contributed by atoms with E-state index >= 15 is 0 Å². The van der Waals surface area contributed by atoms with Gasteiger partial charge in [-0.15, -0.1) is 11.3 Å². The highest BCUT2D eigenvalue weighted by Gasteiger charge is 2.23. The van der Waals surface area contributed by atoms with Gasteiger partial charge in [-0.1, -0.05) is 15.9 Å². The molecule has 0 saturated heterocycles.